The quantitative estimate of drug-likeness (QED) is 0.193. The number of benzene rings is 2. The number of fused-ring (bicyclic) bond motifs is 1. The van der Waals surface area contributed by atoms with Crippen molar-refractivity contribution in [3.05, 3.63) is 57.6 Å². The van der Waals surface area contributed by atoms with Gasteiger partial charge in [-0.3, -0.25) is 20.1 Å². The Balaban J connectivity index is 2.16. The van der Waals surface area contributed by atoms with Crippen LogP contribution in [0.15, 0.2) is 36.4 Å². The van der Waals surface area contributed by atoms with E-state index in [0.29, 0.717) is 0 Å². The van der Waals surface area contributed by atoms with Crippen molar-refractivity contribution in [1.82, 2.24) is 5.48 Å². The molecule has 0 fully saturated rings. The molecule has 0 bridgehead atoms. The third-order valence-electron chi connectivity index (χ3n) is 4.17. The van der Waals surface area contributed by atoms with Crippen molar-refractivity contribution >= 4 is 17.4 Å². The lowest BCUT2D eigenvalue weighted by molar-refractivity contribution is -0.384. The molecule has 6 N–H and O–H groups in total. The predicted molar refractivity (Wildman–Crippen MR) is 91.6 cm³/mol. The average Bonchev–Trinajstić information content (AvgIpc) is 2.66. The minimum absolute atomic E-state index is 0.0870. The molecule has 1 unspecified atom stereocenters. The molecule has 1 atom stereocenters. The molecule has 0 aliphatic carbocycles. The van der Waals surface area contributed by atoms with Gasteiger partial charge in [-0.15, -0.1) is 0 Å². The Morgan fingerprint density at radius 3 is 2.39 bits per heavy atom. The molecule has 2 aromatic rings. The van der Waals surface area contributed by atoms with E-state index in [-0.39, 0.29) is 22.6 Å². The third kappa shape index (κ3) is 3.15. The van der Waals surface area contributed by atoms with Crippen molar-refractivity contribution < 1.29 is 40.1 Å². The van der Waals surface area contributed by atoms with Crippen molar-refractivity contribution in [2.45, 2.75) is 12.0 Å². The molecule has 0 saturated heterocycles. The van der Waals surface area contributed by atoms with Gasteiger partial charge in [0.25, 0.3) is 5.69 Å². The average molecular weight is 390 g/mol. The van der Waals surface area contributed by atoms with Gasteiger partial charge in [0.2, 0.25) is 17.4 Å². The van der Waals surface area contributed by atoms with E-state index in [1.165, 1.54) is 29.7 Å². The first-order valence-electron chi connectivity index (χ1n) is 7.75. The van der Waals surface area contributed by atoms with Crippen LogP contribution in [0.5, 0.6) is 23.0 Å². The number of carbonyl (C=O) groups is 1. The standard InChI is InChI=1S/C17H14N2O9/c20-11-5-10-16(15(23)14(11)22)28-12(6-17(10,24)7-13(21)18-25)8-1-3-9(4-2-8)19(26)27/h1-6,20,22-25H,7H2,(H,18,21). The number of amides is 1. The summed E-state index contributed by atoms with van der Waals surface area (Å²) < 4.78 is 5.51. The number of aromatic hydroxyl groups is 3. The van der Waals surface area contributed by atoms with Crippen LogP contribution in [-0.4, -0.2) is 36.5 Å². The molecular weight excluding hydrogens is 376 g/mol. The largest absolute Gasteiger partial charge is 0.504 e. The number of nitro benzene ring substituents is 1. The van der Waals surface area contributed by atoms with Gasteiger partial charge in [0, 0.05) is 23.3 Å². The zero-order chi connectivity index (χ0) is 20.6. The second-order valence-corrected chi connectivity index (χ2v) is 6.02. The van der Waals surface area contributed by atoms with Crippen LogP contribution in [0.25, 0.3) is 5.76 Å². The number of carbonyl (C=O) groups excluding carboxylic acids is 1. The molecule has 1 aliphatic heterocycles. The number of non-ortho nitro benzene ring substituents is 1. The Hall–Kier alpha value is -3.83. The number of aliphatic hydroxyl groups is 1. The van der Waals surface area contributed by atoms with Gasteiger partial charge in [-0.2, -0.15) is 0 Å². The topological polar surface area (TPSA) is 183 Å². The molecule has 1 heterocycles. The monoisotopic (exact) mass is 390 g/mol. The van der Waals surface area contributed by atoms with Gasteiger partial charge in [-0.1, -0.05) is 0 Å². The third-order valence-corrected chi connectivity index (χ3v) is 4.17. The van der Waals surface area contributed by atoms with Gasteiger partial charge >= 0.3 is 0 Å². The summed E-state index contributed by atoms with van der Waals surface area (Å²) in [5, 5.41) is 60.2. The summed E-state index contributed by atoms with van der Waals surface area (Å²) in [6.45, 7) is 0. The Morgan fingerprint density at radius 2 is 1.82 bits per heavy atom. The zero-order valence-corrected chi connectivity index (χ0v) is 14.0. The lowest BCUT2D eigenvalue weighted by Gasteiger charge is -2.32. The molecule has 11 heteroatoms. The molecule has 0 aromatic heterocycles. The number of rotatable bonds is 4. The highest BCUT2D eigenvalue weighted by Crippen LogP contribution is 2.52. The minimum atomic E-state index is -2.15. The predicted octanol–water partition coefficient (Wildman–Crippen LogP) is 1.23. The van der Waals surface area contributed by atoms with Crippen molar-refractivity contribution in [2.75, 3.05) is 0 Å². The zero-order valence-electron chi connectivity index (χ0n) is 14.0. The van der Waals surface area contributed by atoms with E-state index in [2.05, 4.69) is 0 Å². The molecule has 2 aromatic carbocycles. The Morgan fingerprint density at radius 1 is 1.18 bits per heavy atom. The molecule has 1 amide bonds. The van der Waals surface area contributed by atoms with Gasteiger partial charge < -0.3 is 25.2 Å². The van der Waals surface area contributed by atoms with Crippen LogP contribution in [0.2, 0.25) is 0 Å². The minimum Gasteiger partial charge on any atom is -0.504 e. The molecule has 0 saturated carbocycles. The van der Waals surface area contributed by atoms with Crippen molar-refractivity contribution in [1.29, 1.82) is 0 Å². The van der Waals surface area contributed by atoms with E-state index in [1.807, 2.05) is 0 Å². The second kappa shape index (κ2) is 6.72. The number of phenols is 3. The van der Waals surface area contributed by atoms with Crippen molar-refractivity contribution in [2.24, 2.45) is 0 Å². The summed E-state index contributed by atoms with van der Waals surface area (Å²) in [6, 6.07) is 5.90. The smallest absolute Gasteiger partial charge is 0.269 e. The fourth-order valence-corrected chi connectivity index (χ4v) is 2.81. The fraction of sp³-hybridized carbons (Fsp3) is 0.118. The van der Waals surface area contributed by atoms with E-state index in [9.17, 15) is 35.3 Å². The summed E-state index contributed by atoms with van der Waals surface area (Å²) in [7, 11) is 0. The van der Waals surface area contributed by atoms with Crippen LogP contribution in [0.1, 0.15) is 17.5 Å². The van der Waals surface area contributed by atoms with Crippen LogP contribution in [0.3, 0.4) is 0 Å². The molecule has 0 radical (unpaired) electrons. The maximum Gasteiger partial charge on any atom is 0.269 e. The van der Waals surface area contributed by atoms with Crippen LogP contribution < -0.4 is 10.2 Å². The van der Waals surface area contributed by atoms with Crippen molar-refractivity contribution in [3.63, 3.8) is 0 Å². The summed E-state index contributed by atoms with van der Waals surface area (Å²) >= 11 is 0. The van der Waals surface area contributed by atoms with Crippen LogP contribution >= 0.6 is 0 Å². The first-order valence-corrected chi connectivity index (χ1v) is 7.75. The normalized spacial score (nSPS) is 17.9. The number of ether oxygens (including phenoxy) is 1. The van der Waals surface area contributed by atoms with Gasteiger partial charge in [0.15, 0.2) is 11.5 Å². The van der Waals surface area contributed by atoms with Crippen LogP contribution in [-0.2, 0) is 10.4 Å². The first kappa shape index (κ1) is 18.9. The highest BCUT2D eigenvalue weighted by Gasteiger charge is 2.40. The molecule has 28 heavy (non-hydrogen) atoms. The Kier molecular flexibility index (Phi) is 4.55. The van der Waals surface area contributed by atoms with Crippen LogP contribution in [0, 0.1) is 10.1 Å². The van der Waals surface area contributed by atoms with E-state index in [0.717, 1.165) is 12.1 Å². The summed E-state index contributed by atoms with van der Waals surface area (Å²) in [5.41, 5.74) is -0.967. The first-order chi connectivity index (χ1) is 13.2. The van der Waals surface area contributed by atoms with Gasteiger partial charge in [0.05, 0.1) is 11.3 Å². The molecule has 3 rings (SSSR count). The fourth-order valence-electron chi connectivity index (χ4n) is 2.81. The lowest BCUT2D eigenvalue weighted by atomic mass is 9.85. The summed E-state index contributed by atoms with van der Waals surface area (Å²) in [4.78, 5) is 21.8. The maximum absolute atomic E-state index is 11.7. The number of hydrogen-bond donors (Lipinski definition) is 6. The summed E-state index contributed by atoms with van der Waals surface area (Å²) in [5.74, 6) is -4.06. The molecular formula is C17H14N2O9. The molecule has 1 aliphatic rings. The SMILES string of the molecule is O=C(CC1(O)C=C(c2ccc([N+](=O)[O-])cc2)Oc2c1cc(O)c(O)c2O)NO. The molecule has 11 nitrogen and oxygen atoms in total. The molecule has 0 spiro atoms. The van der Waals surface area contributed by atoms with Gasteiger partial charge in [0.1, 0.15) is 11.4 Å². The lowest BCUT2D eigenvalue weighted by Crippen LogP contribution is -2.34. The van der Waals surface area contributed by atoms with Crippen molar-refractivity contribution in [3.8, 4) is 23.0 Å². The maximum atomic E-state index is 11.7. The van der Waals surface area contributed by atoms with Crippen LogP contribution in [0.4, 0.5) is 5.69 Å². The number of nitrogens with one attached hydrogen (secondary N) is 1. The highest BCUT2D eigenvalue weighted by atomic mass is 16.6. The highest BCUT2D eigenvalue weighted by molar-refractivity contribution is 5.80. The number of hydrogen-bond acceptors (Lipinski definition) is 9. The van der Waals surface area contributed by atoms with Gasteiger partial charge in [-0.25, -0.2) is 5.48 Å². The Bertz CT molecular complexity index is 1000. The van der Waals surface area contributed by atoms with Gasteiger partial charge in [-0.05, 0) is 24.3 Å². The Labute approximate surface area is 156 Å². The number of phenolic OH excluding ortho intramolecular Hbond substituents is 3. The number of hydroxylamine groups is 1. The molecule has 146 valence electrons. The van der Waals surface area contributed by atoms with E-state index < -0.39 is 45.9 Å². The summed E-state index contributed by atoms with van der Waals surface area (Å²) in [6.07, 6.45) is 0.363. The second-order valence-electron chi connectivity index (χ2n) is 6.02. The van der Waals surface area contributed by atoms with E-state index in [4.69, 9.17) is 9.94 Å². The number of nitro groups is 1. The number of nitrogens with zero attached hydrogens (tertiary/aromatic N) is 1. The van der Waals surface area contributed by atoms with E-state index >= 15 is 0 Å². The van der Waals surface area contributed by atoms with E-state index in [1.54, 1.807) is 0 Å².